The summed E-state index contributed by atoms with van der Waals surface area (Å²) in [6.07, 6.45) is 0. The molecule has 6 N–H and O–H groups in total. The molecule has 7 nitrogen and oxygen atoms in total. The smallest absolute Gasteiger partial charge is 0.248 e. The maximum atomic E-state index is 11.3. The van der Waals surface area contributed by atoms with Gasteiger partial charge in [0.05, 0.1) is 10.6 Å². The first-order valence-corrected chi connectivity index (χ1v) is 7.32. The average molecular weight is 307 g/mol. The van der Waals surface area contributed by atoms with Crippen LogP contribution in [0, 0.1) is 0 Å². The molecule has 0 radical (unpaired) electrons. The summed E-state index contributed by atoms with van der Waals surface area (Å²) < 4.78 is 28.1. The quantitative estimate of drug-likeness (QED) is 0.717. The van der Waals surface area contributed by atoms with Crippen molar-refractivity contribution >= 4 is 21.6 Å². The number of primary sulfonamides is 1. The lowest BCUT2D eigenvalue weighted by Gasteiger charge is -2.10. The zero-order chi connectivity index (χ0) is 15.6. The first-order valence-electron chi connectivity index (χ1n) is 5.77. The van der Waals surface area contributed by atoms with Gasteiger partial charge < -0.3 is 16.2 Å². The van der Waals surface area contributed by atoms with E-state index in [1.54, 1.807) is 12.1 Å². The summed E-state index contributed by atoms with van der Waals surface area (Å²) >= 11 is 0. The number of hydrogen-bond donors (Lipinski definition) is 3. The van der Waals surface area contributed by atoms with Crippen LogP contribution in [0.3, 0.4) is 0 Å². The van der Waals surface area contributed by atoms with Gasteiger partial charge in [-0.15, -0.1) is 0 Å². The Morgan fingerprint density at radius 2 is 1.81 bits per heavy atom. The van der Waals surface area contributed by atoms with Gasteiger partial charge >= 0.3 is 0 Å². The maximum absolute atomic E-state index is 11.3. The molecule has 0 aliphatic carbocycles. The van der Waals surface area contributed by atoms with Gasteiger partial charge in [0.2, 0.25) is 15.9 Å². The molecule has 2 rings (SSSR count). The Bertz CT molecular complexity index is 803. The number of primary amides is 1. The van der Waals surface area contributed by atoms with E-state index in [0.717, 1.165) is 0 Å². The van der Waals surface area contributed by atoms with Crippen LogP contribution in [0.25, 0.3) is 0 Å². The van der Waals surface area contributed by atoms with Gasteiger partial charge in [-0.3, -0.25) is 4.79 Å². The zero-order valence-electron chi connectivity index (χ0n) is 10.8. The number of sulfonamides is 1. The number of anilines is 1. The molecule has 0 aliphatic rings. The van der Waals surface area contributed by atoms with Gasteiger partial charge in [-0.1, -0.05) is 6.07 Å². The minimum atomic E-state index is -3.87. The van der Waals surface area contributed by atoms with Crippen LogP contribution in [0.4, 0.5) is 5.69 Å². The highest BCUT2D eigenvalue weighted by molar-refractivity contribution is 7.89. The highest BCUT2D eigenvalue weighted by atomic mass is 32.2. The van der Waals surface area contributed by atoms with Crippen molar-refractivity contribution in [3.05, 3.63) is 48.0 Å². The van der Waals surface area contributed by atoms with Crippen LogP contribution in [-0.2, 0) is 10.0 Å². The van der Waals surface area contributed by atoms with Gasteiger partial charge in [-0.25, -0.2) is 13.6 Å². The van der Waals surface area contributed by atoms with Gasteiger partial charge in [-0.05, 0) is 30.3 Å². The number of ether oxygens (including phenoxy) is 1. The molecule has 0 heterocycles. The molecule has 2 aromatic rings. The Kier molecular flexibility index (Phi) is 3.83. The topological polar surface area (TPSA) is 138 Å². The second-order valence-electron chi connectivity index (χ2n) is 4.24. The molecule has 0 aliphatic heterocycles. The van der Waals surface area contributed by atoms with Crippen molar-refractivity contribution in [1.29, 1.82) is 0 Å². The van der Waals surface area contributed by atoms with E-state index < -0.39 is 15.9 Å². The molecular weight excluding hydrogens is 294 g/mol. The molecule has 0 aromatic heterocycles. The fraction of sp³-hybridized carbons (Fsp3) is 0. The van der Waals surface area contributed by atoms with E-state index in [4.69, 9.17) is 21.3 Å². The second kappa shape index (κ2) is 5.43. The number of rotatable bonds is 4. The lowest BCUT2D eigenvalue weighted by molar-refractivity contribution is 0.1000. The Morgan fingerprint density at radius 3 is 2.43 bits per heavy atom. The van der Waals surface area contributed by atoms with E-state index in [1.807, 2.05) is 0 Å². The number of carbonyl (C=O) groups excluding carboxylic acids is 1. The molecular formula is C13H13N3O4S. The van der Waals surface area contributed by atoms with Crippen molar-refractivity contribution in [3.8, 4) is 11.5 Å². The van der Waals surface area contributed by atoms with Crippen LogP contribution < -0.4 is 21.3 Å². The molecule has 0 bridgehead atoms. The van der Waals surface area contributed by atoms with Crippen LogP contribution in [0.1, 0.15) is 10.4 Å². The lowest BCUT2D eigenvalue weighted by Crippen LogP contribution is -2.12. The Hall–Kier alpha value is -2.58. The first kappa shape index (κ1) is 14.8. The molecule has 21 heavy (non-hydrogen) atoms. The van der Waals surface area contributed by atoms with Gasteiger partial charge in [-0.2, -0.15) is 0 Å². The number of nitrogens with two attached hydrogens (primary N) is 3. The maximum Gasteiger partial charge on any atom is 0.248 e. The molecule has 0 atom stereocenters. The van der Waals surface area contributed by atoms with E-state index in [1.165, 1.54) is 30.3 Å². The summed E-state index contributed by atoms with van der Waals surface area (Å²) in [5, 5.41) is 5.05. The molecule has 0 saturated heterocycles. The van der Waals surface area contributed by atoms with Gasteiger partial charge in [0, 0.05) is 11.6 Å². The predicted octanol–water partition coefficient (Wildman–Crippen LogP) is 0.807. The Labute approximate surface area is 121 Å². The third kappa shape index (κ3) is 3.50. The molecule has 0 unspecified atom stereocenters. The fourth-order valence-electron chi connectivity index (χ4n) is 1.62. The first-order chi connectivity index (χ1) is 9.77. The minimum Gasteiger partial charge on any atom is -0.455 e. The summed E-state index contributed by atoms with van der Waals surface area (Å²) in [5.74, 6) is -0.195. The van der Waals surface area contributed by atoms with E-state index in [9.17, 15) is 13.2 Å². The summed E-state index contributed by atoms with van der Waals surface area (Å²) in [6.45, 7) is 0. The summed E-state index contributed by atoms with van der Waals surface area (Å²) in [5.41, 5.74) is 11.4. The van der Waals surface area contributed by atoms with Crippen LogP contribution >= 0.6 is 0 Å². The third-order valence-electron chi connectivity index (χ3n) is 2.66. The largest absolute Gasteiger partial charge is 0.455 e. The number of amides is 1. The van der Waals surface area contributed by atoms with Crippen molar-refractivity contribution in [2.24, 2.45) is 10.9 Å². The standard InChI is InChI=1S/C13H13N3O4S/c14-11-5-4-10(21(16,18)19)7-12(11)20-9-3-1-2-8(6-9)13(15)17/h1-7H,14H2,(H2,15,17)(H2,16,18,19). The molecule has 0 fully saturated rings. The van der Waals surface area contributed by atoms with Crippen LogP contribution in [0.2, 0.25) is 0 Å². The molecule has 2 aromatic carbocycles. The molecule has 110 valence electrons. The van der Waals surface area contributed by atoms with E-state index >= 15 is 0 Å². The average Bonchev–Trinajstić information content (AvgIpc) is 2.40. The predicted molar refractivity (Wildman–Crippen MR) is 77.3 cm³/mol. The number of benzene rings is 2. The minimum absolute atomic E-state index is 0.114. The van der Waals surface area contributed by atoms with Crippen molar-refractivity contribution in [2.45, 2.75) is 4.90 Å². The number of hydrogen-bond acceptors (Lipinski definition) is 5. The van der Waals surface area contributed by atoms with Crippen LogP contribution in [0.15, 0.2) is 47.4 Å². The SMILES string of the molecule is NC(=O)c1cccc(Oc2cc(S(N)(=O)=O)ccc2N)c1. The van der Waals surface area contributed by atoms with E-state index in [-0.39, 0.29) is 21.9 Å². The van der Waals surface area contributed by atoms with Crippen molar-refractivity contribution in [3.63, 3.8) is 0 Å². The van der Waals surface area contributed by atoms with Crippen molar-refractivity contribution < 1.29 is 17.9 Å². The monoisotopic (exact) mass is 307 g/mol. The van der Waals surface area contributed by atoms with Gasteiger partial charge in [0.1, 0.15) is 5.75 Å². The molecule has 8 heteroatoms. The lowest BCUT2D eigenvalue weighted by atomic mass is 10.2. The van der Waals surface area contributed by atoms with Gasteiger partial charge in [0.25, 0.3) is 0 Å². The molecule has 0 saturated carbocycles. The number of carbonyl (C=O) groups is 1. The van der Waals surface area contributed by atoms with Crippen LogP contribution in [-0.4, -0.2) is 14.3 Å². The van der Waals surface area contributed by atoms with E-state index in [2.05, 4.69) is 0 Å². The van der Waals surface area contributed by atoms with Gasteiger partial charge in [0.15, 0.2) is 5.75 Å². The summed E-state index contributed by atoms with van der Waals surface area (Å²) in [4.78, 5) is 11.0. The summed E-state index contributed by atoms with van der Waals surface area (Å²) in [7, 11) is -3.87. The highest BCUT2D eigenvalue weighted by Crippen LogP contribution is 2.30. The zero-order valence-corrected chi connectivity index (χ0v) is 11.6. The fourth-order valence-corrected chi connectivity index (χ4v) is 2.15. The molecule has 1 amide bonds. The Balaban J connectivity index is 2.39. The van der Waals surface area contributed by atoms with E-state index in [0.29, 0.717) is 5.75 Å². The second-order valence-corrected chi connectivity index (χ2v) is 5.80. The van der Waals surface area contributed by atoms with Crippen LogP contribution in [0.5, 0.6) is 11.5 Å². The highest BCUT2D eigenvalue weighted by Gasteiger charge is 2.12. The van der Waals surface area contributed by atoms with Crippen molar-refractivity contribution in [2.75, 3.05) is 5.73 Å². The molecule has 0 spiro atoms. The summed E-state index contributed by atoms with van der Waals surface area (Å²) in [6, 6.07) is 9.96. The Morgan fingerprint density at radius 1 is 1.10 bits per heavy atom. The van der Waals surface area contributed by atoms with Crippen molar-refractivity contribution in [1.82, 2.24) is 0 Å². The normalized spacial score (nSPS) is 11.1. The number of nitrogen functional groups attached to an aromatic ring is 1. The third-order valence-corrected chi connectivity index (χ3v) is 3.57.